The molecule has 0 aromatic heterocycles. The third-order valence-corrected chi connectivity index (χ3v) is 2.84. The van der Waals surface area contributed by atoms with Crippen LogP contribution in [0.25, 0.3) is 0 Å². The van der Waals surface area contributed by atoms with Crippen LogP contribution >= 0.6 is 12.2 Å². The first kappa shape index (κ1) is 14.9. The Morgan fingerprint density at radius 2 is 1.94 bits per heavy atom. The molecule has 0 aliphatic heterocycles. The largest absolute Gasteiger partial charge is 0.508 e. The fraction of sp³-hybridized carbons (Fsp3) is 0.500. The molecule has 0 saturated carbocycles. The number of nitrogens with two attached hydrogens (primary N) is 1. The van der Waals surface area contributed by atoms with Gasteiger partial charge in [-0.1, -0.05) is 38.2 Å². The molecule has 0 heterocycles. The van der Waals surface area contributed by atoms with E-state index in [1.54, 1.807) is 12.1 Å². The van der Waals surface area contributed by atoms with Gasteiger partial charge in [0.25, 0.3) is 0 Å². The fourth-order valence-electron chi connectivity index (χ4n) is 1.88. The van der Waals surface area contributed by atoms with Gasteiger partial charge < -0.3 is 10.8 Å². The molecule has 0 unspecified atom stereocenters. The van der Waals surface area contributed by atoms with Crippen molar-refractivity contribution in [3.63, 3.8) is 0 Å². The van der Waals surface area contributed by atoms with Crippen LogP contribution in [0.3, 0.4) is 0 Å². The maximum atomic E-state index is 9.27. The molecule has 3 nitrogen and oxygen atoms in total. The van der Waals surface area contributed by atoms with Crippen molar-refractivity contribution >= 4 is 17.2 Å². The van der Waals surface area contributed by atoms with Crippen LogP contribution in [-0.2, 0) is 6.54 Å². The zero-order valence-electron chi connectivity index (χ0n) is 11.1. The maximum absolute atomic E-state index is 9.27. The molecule has 3 N–H and O–H groups in total. The normalized spacial score (nSPS) is 11.1. The second kappa shape index (κ2) is 7.34. The van der Waals surface area contributed by atoms with Crippen molar-refractivity contribution in [2.24, 2.45) is 11.7 Å². The van der Waals surface area contributed by atoms with Gasteiger partial charge in [-0.25, -0.2) is 0 Å². The monoisotopic (exact) mass is 266 g/mol. The van der Waals surface area contributed by atoms with Crippen molar-refractivity contribution < 1.29 is 5.11 Å². The van der Waals surface area contributed by atoms with Gasteiger partial charge in [-0.15, -0.1) is 0 Å². The van der Waals surface area contributed by atoms with Crippen molar-refractivity contribution in [2.75, 3.05) is 13.1 Å². The average Bonchev–Trinajstić information content (AvgIpc) is 2.28. The predicted molar refractivity (Wildman–Crippen MR) is 79.6 cm³/mol. The third-order valence-electron chi connectivity index (χ3n) is 2.64. The summed E-state index contributed by atoms with van der Waals surface area (Å²) < 4.78 is 0. The molecule has 0 fully saturated rings. The smallest absolute Gasteiger partial charge is 0.115 e. The van der Waals surface area contributed by atoms with E-state index >= 15 is 0 Å². The van der Waals surface area contributed by atoms with Crippen LogP contribution in [0.5, 0.6) is 5.75 Å². The summed E-state index contributed by atoms with van der Waals surface area (Å²) in [5, 5.41) is 9.27. The summed E-state index contributed by atoms with van der Waals surface area (Å²) in [6, 6.07) is 7.33. The summed E-state index contributed by atoms with van der Waals surface area (Å²) in [4.78, 5) is 2.91. The molecule has 1 rings (SSSR count). The van der Waals surface area contributed by atoms with Gasteiger partial charge >= 0.3 is 0 Å². The summed E-state index contributed by atoms with van der Waals surface area (Å²) in [6.07, 6.45) is 0.750. The lowest BCUT2D eigenvalue weighted by Gasteiger charge is -2.24. The predicted octanol–water partition coefficient (Wildman–Crippen LogP) is 2.53. The van der Waals surface area contributed by atoms with Crippen LogP contribution in [-0.4, -0.2) is 28.1 Å². The highest BCUT2D eigenvalue weighted by atomic mass is 32.1. The highest BCUT2D eigenvalue weighted by molar-refractivity contribution is 7.80. The molecular formula is C14H22N2OS. The molecular weight excluding hydrogens is 244 g/mol. The van der Waals surface area contributed by atoms with E-state index in [1.165, 1.54) is 5.56 Å². The number of thiocarbonyl (C=S) groups is 1. The van der Waals surface area contributed by atoms with Crippen LogP contribution in [0.4, 0.5) is 0 Å². The van der Waals surface area contributed by atoms with Gasteiger partial charge in [-0.3, -0.25) is 4.90 Å². The van der Waals surface area contributed by atoms with E-state index in [0.717, 1.165) is 26.1 Å². The highest BCUT2D eigenvalue weighted by Gasteiger charge is 2.08. The number of phenolic OH excluding ortho intramolecular Hbond substituents is 1. The molecule has 1 aromatic carbocycles. The number of hydrogen-bond donors (Lipinski definition) is 2. The Bertz CT molecular complexity index is 376. The summed E-state index contributed by atoms with van der Waals surface area (Å²) in [6.45, 7) is 7.16. The summed E-state index contributed by atoms with van der Waals surface area (Å²) in [7, 11) is 0. The van der Waals surface area contributed by atoms with Crippen LogP contribution < -0.4 is 5.73 Å². The molecule has 0 aliphatic carbocycles. The molecule has 4 heteroatoms. The van der Waals surface area contributed by atoms with E-state index < -0.39 is 0 Å². The minimum Gasteiger partial charge on any atom is -0.508 e. The maximum Gasteiger partial charge on any atom is 0.115 e. The molecule has 0 spiro atoms. The average molecular weight is 266 g/mol. The van der Waals surface area contributed by atoms with Crippen LogP contribution in [0.1, 0.15) is 25.8 Å². The van der Waals surface area contributed by atoms with Crippen LogP contribution in [0, 0.1) is 5.92 Å². The van der Waals surface area contributed by atoms with E-state index in [2.05, 4.69) is 18.7 Å². The molecule has 0 radical (unpaired) electrons. The van der Waals surface area contributed by atoms with Gasteiger partial charge in [0.2, 0.25) is 0 Å². The van der Waals surface area contributed by atoms with Crippen molar-refractivity contribution in [1.29, 1.82) is 0 Å². The number of rotatable bonds is 7. The molecule has 0 bridgehead atoms. The van der Waals surface area contributed by atoms with E-state index in [-0.39, 0.29) is 0 Å². The van der Waals surface area contributed by atoms with E-state index in [0.29, 0.717) is 16.7 Å². The lowest BCUT2D eigenvalue weighted by Crippen LogP contribution is -2.30. The third kappa shape index (κ3) is 5.98. The zero-order chi connectivity index (χ0) is 13.5. The molecule has 18 heavy (non-hydrogen) atoms. The first-order valence-corrected chi connectivity index (χ1v) is 6.66. The number of aromatic hydroxyl groups is 1. The Hall–Kier alpha value is -1.13. The van der Waals surface area contributed by atoms with Crippen molar-refractivity contribution in [1.82, 2.24) is 4.90 Å². The lowest BCUT2D eigenvalue weighted by molar-refractivity contribution is 0.242. The molecule has 1 aromatic rings. The number of benzene rings is 1. The molecule has 0 saturated heterocycles. The molecule has 0 aliphatic rings. The first-order valence-electron chi connectivity index (χ1n) is 6.26. The second-order valence-corrected chi connectivity index (χ2v) is 5.54. The van der Waals surface area contributed by atoms with Gasteiger partial charge in [0.05, 0.1) is 4.99 Å². The van der Waals surface area contributed by atoms with Crippen molar-refractivity contribution in [2.45, 2.75) is 26.8 Å². The second-order valence-electron chi connectivity index (χ2n) is 5.01. The Kier molecular flexibility index (Phi) is 6.09. The Morgan fingerprint density at radius 3 is 2.44 bits per heavy atom. The molecule has 0 atom stereocenters. The van der Waals surface area contributed by atoms with Crippen LogP contribution in [0.2, 0.25) is 0 Å². The van der Waals surface area contributed by atoms with E-state index in [9.17, 15) is 5.11 Å². The summed E-state index contributed by atoms with van der Waals surface area (Å²) >= 11 is 4.93. The molecule has 0 amide bonds. The Morgan fingerprint density at radius 1 is 1.33 bits per heavy atom. The fourth-order valence-corrected chi connectivity index (χ4v) is 1.97. The topological polar surface area (TPSA) is 49.5 Å². The molecule has 100 valence electrons. The Balaban J connectivity index is 2.59. The van der Waals surface area contributed by atoms with Gasteiger partial charge in [0.15, 0.2) is 0 Å². The summed E-state index contributed by atoms with van der Waals surface area (Å²) in [5.41, 5.74) is 6.75. The zero-order valence-corrected chi connectivity index (χ0v) is 11.9. The van der Waals surface area contributed by atoms with Gasteiger partial charge in [-0.05, 0) is 23.6 Å². The number of nitrogens with zero attached hydrogens (tertiary/aromatic N) is 1. The van der Waals surface area contributed by atoms with Crippen molar-refractivity contribution in [3.05, 3.63) is 29.8 Å². The van der Waals surface area contributed by atoms with Gasteiger partial charge in [-0.2, -0.15) is 0 Å². The van der Waals surface area contributed by atoms with E-state index in [4.69, 9.17) is 18.0 Å². The quantitative estimate of drug-likeness (QED) is 0.745. The summed E-state index contributed by atoms with van der Waals surface area (Å²) in [5.74, 6) is 0.908. The van der Waals surface area contributed by atoms with Gasteiger partial charge in [0.1, 0.15) is 5.75 Å². The van der Waals surface area contributed by atoms with Gasteiger partial charge in [0, 0.05) is 26.1 Å². The highest BCUT2D eigenvalue weighted by Crippen LogP contribution is 2.13. The standard InChI is InChI=1S/C14H22N2OS/c1-11(2)9-16(8-7-14(15)18)10-12-3-5-13(17)6-4-12/h3-6,11,17H,7-10H2,1-2H3,(H2,15,18). The number of hydrogen-bond acceptors (Lipinski definition) is 3. The first-order chi connectivity index (χ1) is 8.47. The van der Waals surface area contributed by atoms with Crippen molar-refractivity contribution in [3.8, 4) is 5.75 Å². The number of phenols is 1. The van der Waals surface area contributed by atoms with E-state index in [1.807, 2.05) is 12.1 Å². The minimum atomic E-state index is 0.303. The SMILES string of the molecule is CC(C)CN(CCC(N)=S)Cc1ccc(O)cc1. The van der Waals surface area contributed by atoms with Crippen LogP contribution in [0.15, 0.2) is 24.3 Å². The minimum absolute atomic E-state index is 0.303. The Labute approximate surface area is 115 Å². The lowest BCUT2D eigenvalue weighted by atomic mass is 10.1.